The summed E-state index contributed by atoms with van der Waals surface area (Å²) in [6.45, 7) is 3.77. The molecule has 90 valence electrons. The molecule has 2 rings (SSSR count). The molecule has 0 spiro atoms. The Balaban J connectivity index is 2.34. The molecule has 1 aromatic heterocycles. The van der Waals surface area contributed by atoms with Gasteiger partial charge in [0.15, 0.2) is 0 Å². The van der Waals surface area contributed by atoms with Crippen molar-refractivity contribution in [2.45, 2.75) is 13.8 Å². The van der Waals surface area contributed by atoms with Crippen molar-refractivity contribution in [1.82, 2.24) is 9.97 Å². The number of nitrogens with one attached hydrogen (secondary N) is 1. The number of rotatable bonds is 2. The van der Waals surface area contributed by atoms with E-state index in [2.05, 4.69) is 15.3 Å². The number of anilines is 2. The van der Waals surface area contributed by atoms with E-state index in [9.17, 15) is 0 Å². The van der Waals surface area contributed by atoms with Crippen LogP contribution in [0.2, 0.25) is 5.02 Å². The van der Waals surface area contributed by atoms with Gasteiger partial charge in [0, 0.05) is 5.69 Å². The molecule has 0 aliphatic rings. The Hall–Kier alpha value is -2.12. The first kappa shape index (κ1) is 12.3. The Morgan fingerprint density at radius 1 is 1.22 bits per heavy atom. The van der Waals surface area contributed by atoms with E-state index in [0.717, 1.165) is 16.9 Å². The largest absolute Gasteiger partial charge is 0.323 e. The van der Waals surface area contributed by atoms with Crippen molar-refractivity contribution < 1.29 is 0 Å². The summed E-state index contributed by atoms with van der Waals surface area (Å²) in [6.07, 6.45) is 0. The lowest BCUT2D eigenvalue weighted by atomic mass is 10.2. The monoisotopic (exact) mass is 258 g/mol. The van der Waals surface area contributed by atoms with E-state index in [4.69, 9.17) is 16.9 Å². The van der Waals surface area contributed by atoms with Crippen molar-refractivity contribution in [3.8, 4) is 6.07 Å². The van der Waals surface area contributed by atoms with E-state index in [-0.39, 0.29) is 0 Å². The Bertz CT molecular complexity index is 631. The first-order valence-corrected chi connectivity index (χ1v) is 5.75. The van der Waals surface area contributed by atoms with Gasteiger partial charge in [-0.3, -0.25) is 0 Å². The Morgan fingerprint density at radius 2 is 2.00 bits per heavy atom. The number of aromatic nitrogens is 2. The van der Waals surface area contributed by atoms with Crippen molar-refractivity contribution >= 4 is 23.2 Å². The molecule has 0 fully saturated rings. The van der Waals surface area contributed by atoms with E-state index >= 15 is 0 Å². The summed E-state index contributed by atoms with van der Waals surface area (Å²) in [7, 11) is 0. The quantitative estimate of drug-likeness (QED) is 0.897. The van der Waals surface area contributed by atoms with E-state index in [1.807, 2.05) is 38.1 Å². The van der Waals surface area contributed by atoms with Crippen LogP contribution in [-0.2, 0) is 0 Å². The SMILES string of the molecule is Cc1ccc(Nc2nc(C)cc(C#N)n2)c(Cl)c1. The maximum atomic E-state index is 8.85. The summed E-state index contributed by atoms with van der Waals surface area (Å²) in [6, 6.07) is 9.27. The number of nitrogens with zero attached hydrogens (tertiary/aromatic N) is 3. The molecule has 1 N–H and O–H groups in total. The van der Waals surface area contributed by atoms with Gasteiger partial charge in [-0.05, 0) is 37.6 Å². The molecule has 0 saturated carbocycles. The van der Waals surface area contributed by atoms with E-state index in [1.54, 1.807) is 6.07 Å². The summed E-state index contributed by atoms with van der Waals surface area (Å²) in [5.74, 6) is 0.373. The van der Waals surface area contributed by atoms with Gasteiger partial charge in [0.2, 0.25) is 5.95 Å². The van der Waals surface area contributed by atoms with Crippen LogP contribution in [0.4, 0.5) is 11.6 Å². The van der Waals surface area contributed by atoms with Crippen molar-refractivity contribution in [1.29, 1.82) is 5.26 Å². The third-order valence-electron chi connectivity index (χ3n) is 2.34. The molecule has 0 aliphatic heterocycles. The lowest BCUT2D eigenvalue weighted by Crippen LogP contribution is -2.00. The van der Waals surface area contributed by atoms with Crippen LogP contribution in [0.25, 0.3) is 0 Å². The fourth-order valence-corrected chi connectivity index (χ4v) is 1.81. The number of hydrogen-bond donors (Lipinski definition) is 1. The standard InChI is InChI=1S/C13H11ClN4/c1-8-3-4-12(11(14)5-8)18-13-16-9(2)6-10(7-15)17-13/h3-6H,1-2H3,(H,16,17,18). The highest BCUT2D eigenvalue weighted by Crippen LogP contribution is 2.25. The summed E-state index contributed by atoms with van der Waals surface area (Å²) in [5, 5.41) is 12.5. The van der Waals surface area contributed by atoms with Crippen LogP contribution in [0.1, 0.15) is 17.0 Å². The molecule has 1 aromatic carbocycles. The van der Waals surface area contributed by atoms with E-state index < -0.39 is 0 Å². The molecule has 0 atom stereocenters. The predicted octanol–water partition coefficient (Wildman–Crippen LogP) is 3.36. The van der Waals surface area contributed by atoms with Gasteiger partial charge in [-0.15, -0.1) is 0 Å². The van der Waals surface area contributed by atoms with Crippen molar-refractivity contribution in [2.75, 3.05) is 5.32 Å². The van der Waals surface area contributed by atoms with Crippen LogP contribution in [0.5, 0.6) is 0 Å². The molecule has 0 radical (unpaired) electrons. The minimum absolute atomic E-state index is 0.327. The lowest BCUT2D eigenvalue weighted by Gasteiger charge is -2.08. The molecule has 0 unspecified atom stereocenters. The minimum Gasteiger partial charge on any atom is -0.323 e. The number of nitriles is 1. The third-order valence-corrected chi connectivity index (χ3v) is 2.65. The van der Waals surface area contributed by atoms with Gasteiger partial charge in [0.05, 0.1) is 10.7 Å². The fraction of sp³-hybridized carbons (Fsp3) is 0.154. The lowest BCUT2D eigenvalue weighted by molar-refractivity contribution is 1.09. The van der Waals surface area contributed by atoms with Crippen LogP contribution >= 0.6 is 11.6 Å². The number of halogens is 1. The molecular weight excluding hydrogens is 248 g/mol. The van der Waals surface area contributed by atoms with Gasteiger partial charge in [-0.1, -0.05) is 17.7 Å². The van der Waals surface area contributed by atoms with Crippen LogP contribution in [-0.4, -0.2) is 9.97 Å². The highest BCUT2D eigenvalue weighted by Gasteiger charge is 2.05. The van der Waals surface area contributed by atoms with Gasteiger partial charge in [0.25, 0.3) is 0 Å². The molecule has 0 saturated heterocycles. The van der Waals surface area contributed by atoms with Gasteiger partial charge in [0.1, 0.15) is 11.8 Å². The summed E-state index contributed by atoms with van der Waals surface area (Å²) in [5.41, 5.74) is 2.85. The van der Waals surface area contributed by atoms with Crippen LogP contribution in [0.3, 0.4) is 0 Å². The maximum absolute atomic E-state index is 8.85. The molecule has 5 heteroatoms. The van der Waals surface area contributed by atoms with Crippen LogP contribution < -0.4 is 5.32 Å². The van der Waals surface area contributed by atoms with Crippen molar-refractivity contribution in [3.63, 3.8) is 0 Å². The average molecular weight is 259 g/mol. The predicted molar refractivity (Wildman–Crippen MR) is 71.0 cm³/mol. The number of hydrogen-bond acceptors (Lipinski definition) is 4. The Labute approximate surface area is 110 Å². The van der Waals surface area contributed by atoms with Crippen molar-refractivity contribution in [2.24, 2.45) is 0 Å². The van der Waals surface area contributed by atoms with Gasteiger partial charge < -0.3 is 5.32 Å². The third kappa shape index (κ3) is 2.76. The maximum Gasteiger partial charge on any atom is 0.228 e. The molecule has 0 aliphatic carbocycles. The molecule has 18 heavy (non-hydrogen) atoms. The van der Waals surface area contributed by atoms with E-state index in [1.165, 1.54) is 0 Å². The Kier molecular flexibility index (Phi) is 3.45. The highest BCUT2D eigenvalue weighted by atomic mass is 35.5. The summed E-state index contributed by atoms with van der Waals surface area (Å²) < 4.78 is 0. The second kappa shape index (κ2) is 5.03. The number of benzene rings is 1. The second-order valence-electron chi connectivity index (χ2n) is 3.94. The second-order valence-corrected chi connectivity index (χ2v) is 4.35. The normalized spacial score (nSPS) is 9.89. The zero-order chi connectivity index (χ0) is 13.1. The molecule has 2 aromatic rings. The molecule has 0 bridgehead atoms. The van der Waals surface area contributed by atoms with Gasteiger partial charge >= 0.3 is 0 Å². The molecular formula is C13H11ClN4. The number of aryl methyl sites for hydroxylation is 2. The molecule has 1 heterocycles. The first-order chi connectivity index (χ1) is 8.58. The zero-order valence-electron chi connectivity index (χ0n) is 10.0. The topological polar surface area (TPSA) is 61.6 Å². The zero-order valence-corrected chi connectivity index (χ0v) is 10.8. The molecule has 0 amide bonds. The van der Waals surface area contributed by atoms with Gasteiger partial charge in [-0.2, -0.15) is 5.26 Å². The average Bonchev–Trinajstić information content (AvgIpc) is 2.32. The highest BCUT2D eigenvalue weighted by molar-refractivity contribution is 6.33. The van der Waals surface area contributed by atoms with Crippen LogP contribution in [0, 0.1) is 25.2 Å². The minimum atomic E-state index is 0.327. The van der Waals surface area contributed by atoms with E-state index in [0.29, 0.717) is 16.7 Å². The molecule has 4 nitrogen and oxygen atoms in total. The van der Waals surface area contributed by atoms with Crippen LogP contribution in [0.15, 0.2) is 24.3 Å². The summed E-state index contributed by atoms with van der Waals surface area (Å²) in [4.78, 5) is 8.28. The smallest absolute Gasteiger partial charge is 0.228 e. The van der Waals surface area contributed by atoms with Crippen molar-refractivity contribution in [3.05, 3.63) is 46.2 Å². The van der Waals surface area contributed by atoms with Gasteiger partial charge in [-0.25, -0.2) is 9.97 Å². The summed E-state index contributed by atoms with van der Waals surface area (Å²) >= 11 is 6.11. The fourth-order valence-electron chi connectivity index (χ4n) is 1.52. The first-order valence-electron chi connectivity index (χ1n) is 5.37. The Morgan fingerprint density at radius 3 is 2.67 bits per heavy atom.